The Morgan fingerprint density at radius 2 is 1.86 bits per heavy atom. The van der Waals surface area contributed by atoms with E-state index >= 15 is 0 Å². The lowest BCUT2D eigenvalue weighted by atomic mass is 9.77. The monoisotopic (exact) mass is 298 g/mol. The number of benzene rings is 2. The summed E-state index contributed by atoms with van der Waals surface area (Å²) in [4.78, 5) is 12.2. The quantitative estimate of drug-likeness (QED) is 0.654. The molecule has 0 spiro atoms. The maximum Gasteiger partial charge on any atom is 0.232 e. The van der Waals surface area contributed by atoms with Gasteiger partial charge in [0.05, 0.1) is 11.7 Å². The molecule has 3 aromatic rings. The smallest absolute Gasteiger partial charge is 0.232 e. The highest BCUT2D eigenvalue weighted by Gasteiger charge is 2.36. The second-order valence-corrected chi connectivity index (χ2v) is 5.73. The van der Waals surface area contributed by atoms with Crippen LogP contribution in [0.1, 0.15) is 18.2 Å². The van der Waals surface area contributed by atoms with Crippen molar-refractivity contribution >= 4 is 27.6 Å². The Labute approximate surface area is 128 Å². The minimum atomic E-state index is -0.819. The van der Waals surface area contributed by atoms with Crippen LogP contribution >= 0.6 is 11.6 Å². The number of carbonyl (C=O) groups excluding carboxylic acids is 1. The van der Waals surface area contributed by atoms with E-state index in [2.05, 4.69) is 0 Å². The maximum absolute atomic E-state index is 12.2. The van der Waals surface area contributed by atoms with E-state index in [1.165, 1.54) is 0 Å². The van der Waals surface area contributed by atoms with Gasteiger partial charge in [-0.3, -0.25) is 4.79 Å². The van der Waals surface area contributed by atoms with Gasteiger partial charge in [-0.15, -0.1) is 0 Å². The molecule has 0 fully saturated rings. The molecule has 1 unspecified atom stereocenters. The van der Waals surface area contributed by atoms with Crippen LogP contribution in [0.4, 0.5) is 0 Å². The van der Waals surface area contributed by atoms with Crippen LogP contribution in [0, 0.1) is 0 Å². The van der Waals surface area contributed by atoms with Crippen LogP contribution in [0.5, 0.6) is 0 Å². The fourth-order valence-electron chi connectivity index (χ4n) is 2.74. The van der Waals surface area contributed by atoms with Gasteiger partial charge in [0.15, 0.2) is 0 Å². The van der Waals surface area contributed by atoms with E-state index in [4.69, 9.17) is 16.0 Å². The zero-order valence-corrected chi connectivity index (χ0v) is 12.4. The van der Waals surface area contributed by atoms with Crippen molar-refractivity contribution in [2.24, 2.45) is 0 Å². The van der Waals surface area contributed by atoms with Crippen LogP contribution < -0.4 is 0 Å². The predicted octanol–water partition coefficient (Wildman–Crippen LogP) is 4.70. The molecule has 106 valence electrons. The molecule has 0 bridgehead atoms. The Morgan fingerprint density at radius 3 is 2.57 bits per heavy atom. The highest BCUT2D eigenvalue weighted by Crippen LogP contribution is 2.35. The van der Waals surface area contributed by atoms with Crippen molar-refractivity contribution in [2.75, 3.05) is 0 Å². The Balaban J connectivity index is 2.18. The van der Waals surface area contributed by atoms with Crippen LogP contribution in [0.15, 0.2) is 65.3 Å². The Kier molecular flexibility index (Phi) is 3.56. The third-order valence-corrected chi connectivity index (χ3v) is 4.34. The summed E-state index contributed by atoms with van der Waals surface area (Å²) in [7, 11) is 0. The van der Waals surface area contributed by atoms with Gasteiger partial charge in [-0.25, -0.2) is 0 Å². The third-order valence-electron chi connectivity index (χ3n) is 3.93. The molecule has 2 nitrogen and oxygen atoms in total. The predicted molar refractivity (Wildman–Crippen MR) is 84.6 cm³/mol. The van der Waals surface area contributed by atoms with Gasteiger partial charge in [0.2, 0.25) is 5.24 Å². The molecule has 1 heterocycles. The average molecular weight is 299 g/mol. The topological polar surface area (TPSA) is 30.2 Å². The van der Waals surface area contributed by atoms with Gasteiger partial charge in [0.1, 0.15) is 5.76 Å². The lowest BCUT2D eigenvalue weighted by Crippen LogP contribution is -2.32. The Morgan fingerprint density at radius 1 is 1.10 bits per heavy atom. The summed E-state index contributed by atoms with van der Waals surface area (Å²) in [6.45, 7) is 1.87. The summed E-state index contributed by atoms with van der Waals surface area (Å²) < 4.78 is 5.40. The molecule has 0 radical (unpaired) electrons. The molecule has 0 aliphatic heterocycles. The van der Waals surface area contributed by atoms with Gasteiger partial charge in [-0.2, -0.15) is 0 Å². The van der Waals surface area contributed by atoms with Crippen LogP contribution in [0.25, 0.3) is 10.8 Å². The number of halogens is 1. The molecule has 0 N–H and O–H groups in total. The van der Waals surface area contributed by atoms with Crippen molar-refractivity contribution in [1.29, 1.82) is 0 Å². The van der Waals surface area contributed by atoms with E-state index < -0.39 is 5.41 Å². The summed E-state index contributed by atoms with van der Waals surface area (Å²) in [6, 6.07) is 17.6. The van der Waals surface area contributed by atoms with E-state index in [0.29, 0.717) is 6.42 Å². The van der Waals surface area contributed by atoms with Gasteiger partial charge >= 0.3 is 0 Å². The lowest BCUT2D eigenvalue weighted by molar-refractivity contribution is -0.116. The fraction of sp³-hybridized carbons (Fsp3) is 0.167. The number of carbonyl (C=O) groups is 1. The average Bonchev–Trinajstić information content (AvgIpc) is 2.99. The van der Waals surface area contributed by atoms with Gasteiger partial charge in [-0.05, 0) is 47.0 Å². The van der Waals surface area contributed by atoms with Crippen molar-refractivity contribution in [3.63, 3.8) is 0 Å². The van der Waals surface area contributed by atoms with Crippen molar-refractivity contribution in [1.82, 2.24) is 0 Å². The van der Waals surface area contributed by atoms with Crippen LogP contribution in [-0.2, 0) is 16.6 Å². The number of fused-ring (bicyclic) bond motifs is 1. The molecule has 0 aliphatic carbocycles. The molecular weight excluding hydrogens is 284 g/mol. The molecule has 0 aliphatic rings. The van der Waals surface area contributed by atoms with E-state index in [9.17, 15) is 4.79 Å². The third kappa shape index (κ3) is 2.47. The summed E-state index contributed by atoms with van der Waals surface area (Å²) in [6.07, 6.45) is 2.05. The number of hydrogen-bond acceptors (Lipinski definition) is 2. The highest BCUT2D eigenvalue weighted by molar-refractivity contribution is 6.65. The Bertz CT molecular complexity index is 772. The summed E-state index contributed by atoms with van der Waals surface area (Å²) in [5.41, 5.74) is 0.109. The normalized spacial score (nSPS) is 14.0. The highest BCUT2D eigenvalue weighted by atomic mass is 35.5. The molecule has 2 aromatic carbocycles. The SMILES string of the molecule is CC(Cc1ccco1)(C(=O)Cl)c1cccc2ccccc12. The summed E-state index contributed by atoms with van der Waals surface area (Å²) >= 11 is 5.96. The number of furan rings is 1. The van der Waals surface area contributed by atoms with E-state index in [1.54, 1.807) is 6.26 Å². The van der Waals surface area contributed by atoms with Gasteiger partial charge in [-0.1, -0.05) is 42.5 Å². The van der Waals surface area contributed by atoms with Crippen LogP contribution in [0.3, 0.4) is 0 Å². The first kappa shape index (κ1) is 13.9. The minimum Gasteiger partial charge on any atom is -0.469 e. The zero-order chi connectivity index (χ0) is 14.9. The summed E-state index contributed by atoms with van der Waals surface area (Å²) in [5.74, 6) is 0.749. The zero-order valence-electron chi connectivity index (χ0n) is 11.7. The number of rotatable bonds is 4. The van der Waals surface area contributed by atoms with Crippen molar-refractivity contribution in [3.05, 3.63) is 72.2 Å². The molecule has 0 saturated heterocycles. The van der Waals surface area contributed by atoms with Crippen molar-refractivity contribution in [2.45, 2.75) is 18.8 Å². The standard InChI is InChI=1S/C18H15ClO2/c1-18(17(19)20,12-14-8-5-11-21-14)16-10-4-7-13-6-2-3-9-15(13)16/h2-11H,12H2,1H3. The molecule has 0 saturated carbocycles. The molecule has 3 heteroatoms. The van der Waals surface area contributed by atoms with Crippen LogP contribution in [0.2, 0.25) is 0 Å². The van der Waals surface area contributed by atoms with Crippen molar-refractivity contribution < 1.29 is 9.21 Å². The summed E-state index contributed by atoms with van der Waals surface area (Å²) in [5, 5.41) is 1.76. The molecule has 3 rings (SSSR count). The lowest BCUT2D eigenvalue weighted by Gasteiger charge is -2.26. The van der Waals surface area contributed by atoms with Crippen molar-refractivity contribution in [3.8, 4) is 0 Å². The second-order valence-electron chi connectivity index (χ2n) is 5.39. The van der Waals surface area contributed by atoms with Gasteiger partial charge < -0.3 is 4.42 Å². The minimum absolute atomic E-state index is 0.379. The largest absolute Gasteiger partial charge is 0.469 e. The second kappa shape index (κ2) is 5.38. The van der Waals surface area contributed by atoms with E-state index in [-0.39, 0.29) is 5.24 Å². The maximum atomic E-state index is 12.2. The first-order valence-corrected chi connectivity index (χ1v) is 7.19. The molecule has 1 atom stereocenters. The first-order valence-electron chi connectivity index (χ1n) is 6.82. The molecule has 0 amide bonds. The molecule has 1 aromatic heterocycles. The number of hydrogen-bond donors (Lipinski definition) is 0. The van der Waals surface area contributed by atoms with Gasteiger partial charge in [0, 0.05) is 6.42 Å². The fourth-order valence-corrected chi connectivity index (χ4v) is 2.91. The Hall–Kier alpha value is -2.06. The van der Waals surface area contributed by atoms with E-state index in [0.717, 1.165) is 22.1 Å². The van der Waals surface area contributed by atoms with E-state index in [1.807, 2.05) is 61.5 Å². The molecular formula is C18H15ClO2. The van der Waals surface area contributed by atoms with Gasteiger partial charge in [0.25, 0.3) is 0 Å². The molecule has 21 heavy (non-hydrogen) atoms. The first-order chi connectivity index (χ1) is 10.1. The van der Waals surface area contributed by atoms with Crippen LogP contribution in [-0.4, -0.2) is 5.24 Å².